The van der Waals surface area contributed by atoms with E-state index < -0.39 is 0 Å². The molecule has 114 valence electrons. The number of nitrogens with one attached hydrogen (secondary N) is 1. The van der Waals surface area contributed by atoms with E-state index in [0.717, 1.165) is 34.6 Å². The zero-order chi connectivity index (χ0) is 15.1. The summed E-state index contributed by atoms with van der Waals surface area (Å²) in [5.74, 6) is 0.847. The quantitative estimate of drug-likeness (QED) is 0.740. The largest absolute Gasteiger partial charge is 0.497 e. The molecule has 0 spiro atoms. The molecule has 1 aromatic carbocycles. The van der Waals surface area contributed by atoms with Crippen molar-refractivity contribution < 1.29 is 9.47 Å². The summed E-state index contributed by atoms with van der Waals surface area (Å²) in [4.78, 5) is 0. The monoisotopic (exact) mass is 353 g/mol. The lowest BCUT2D eigenvalue weighted by Gasteiger charge is -2.11. The second kappa shape index (κ2) is 8.17. The summed E-state index contributed by atoms with van der Waals surface area (Å²) >= 11 is 3.57. The lowest BCUT2D eigenvalue weighted by Crippen LogP contribution is -2.21. The molecule has 1 N–H and O–H groups in total. The Kier molecular flexibility index (Phi) is 6.22. The van der Waals surface area contributed by atoms with Gasteiger partial charge in [-0.25, -0.2) is 0 Å². The van der Waals surface area contributed by atoms with E-state index in [0.29, 0.717) is 13.2 Å². The molecular formula is C15H20BrN3O2. The molecule has 0 bridgehead atoms. The van der Waals surface area contributed by atoms with E-state index in [9.17, 15) is 0 Å². The average Bonchev–Trinajstić information content (AvgIpc) is 2.93. The molecular weight excluding hydrogens is 334 g/mol. The van der Waals surface area contributed by atoms with Crippen LogP contribution in [0.5, 0.6) is 5.75 Å². The van der Waals surface area contributed by atoms with Crippen molar-refractivity contribution >= 4 is 15.9 Å². The fraction of sp³-hybridized carbons (Fsp3) is 0.400. The molecule has 0 atom stereocenters. The molecule has 2 aromatic rings. The van der Waals surface area contributed by atoms with E-state index in [-0.39, 0.29) is 0 Å². The number of hydrogen-bond donors (Lipinski definition) is 1. The Bertz CT molecular complexity index is 572. The molecule has 5 nitrogen and oxygen atoms in total. The number of rotatable bonds is 8. The number of hydrogen-bond acceptors (Lipinski definition) is 4. The number of ether oxygens (including phenoxy) is 2. The molecule has 0 aliphatic heterocycles. The van der Waals surface area contributed by atoms with Crippen LogP contribution in [0.15, 0.2) is 34.9 Å². The van der Waals surface area contributed by atoms with Crippen molar-refractivity contribution in [2.45, 2.75) is 13.1 Å². The van der Waals surface area contributed by atoms with Crippen molar-refractivity contribution in [2.24, 2.45) is 0 Å². The van der Waals surface area contributed by atoms with Gasteiger partial charge < -0.3 is 14.8 Å². The molecule has 0 saturated carbocycles. The first-order chi connectivity index (χ1) is 10.2. The van der Waals surface area contributed by atoms with Gasteiger partial charge in [0.15, 0.2) is 0 Å². The summed E-state index contributed by atoms with van der Waals surface area (Å²) in [7, 11) is 3.37. The van der Waals surface area contributed by atoms with Crippen molar-refractivity contribution in [2.75, 3.05) is 27.4 Å². The van der Waals surface area contributed by atoms with Crippen molar-refractivity contribution in [3.8, 4) is 5.75 Å². The Morgan fingerprint density at radius 1 is 1.29 bits per heavy atom. The molecule has 0 saturated heterocycles. The zero-order valence-electron chi connectivity index (χ0n) is 12.3. The van der Waals surface area contributed by atoms with Gasteiger partial charge >= 0.3 is 0 Å². The van der Waals surface area contributed by atoms with Crippen LogP contribution in [-0.4, -0.2) is 37.2 Å². The Balaban J connectivity index is 2.04. The molecule has 0 amide bonds. The summed E-state index contributed by atoms with van der Waals surface area (Å²) in [6.45, 7) is 3.00. The Labute approximate surface area is 133 Å². The van der Waals surface area contributed by atoms with Gasteiger partial charge in [-0.15, -0.1) is 0 Å². The van der Waals surface area contributed by atoms with Crippen LogP contribution in [0, 0.1) is 0 Å². The van der Waals surface area contributed by atoms with Gasteiger partial charge in [-0.2, -0.15) is 5.10 Å². The third-order valence-corrected chi connectivity index (χ3v) is 3.94. The summed E-state index contributed by atoms with van der Waals surface area (Å²) < 4.78 is 13.3. The lowest BCUT2D eigenvalue weighted by atomic mass is 10.2. The molecule has 0 fully saturated rings. The lowest BCUT2D eigenvalue weighted by molar-refractivity contribution is 0.199. The number of methoxy groups -OCH3 is 2. The maximum Gasteiger partial charge on any atom is 0.119 e. The highest BCUT2D eigenvalue weighted by atomic mass is 79.9. The van der Waals surface area contributed by atoms with Crippen LogP contribution in [0.3, 0.4) is 0 Å². The molecule has 1 heterocycles. The molecule has 21 heavy (non-hydrogen) atoms. The number of nitrogens with zero attached hydrogens (tertiary/aromatic N) is 2. The van der Waals surface area contributed by atoms with Crippen LogP contribution in [0.2, 0.25) is 0 Å². The van der Waals surface area contributed by atoms with Gasteiger partial charge in [0.2, 0.25) is 0 Å². The summed E-state index contributed by atoms with van der Waals surface area (Å²) in [5, 5.41) is 7.72. The summed E-state index contributed by atoms with van der Waals surface area (Å²) in [5.41, 5.74) is 2.28. The van der Waals surface area contributed by atoms with Gasteiger partial charge in [-0.05, 0) is 29.8 Å². The van der Waals surface area contributed by atoms with Crippen molar-refractivity contribution in [1.82, 2.24) is 15.1 Å². The fourth-order valence-corrected chi connectivity index (χ4v) is 2.38. The number of halogens is 1. The highest BCUT2D eigenvalue weighted by Gasteiger charge is 2.07. The SMILES string of the molecule is COCCNCc1ccnn1Cc1cc(OC)ccc1Br. The van der Waals surface area contributed by atoms with Gasteiger partial charge in [-0.1, -0.05) is 15.9 Å². The zero-order valence-corrected chi connectivity index (χ0v) is 13.9. The topological polar surface area (TPSA) is 48.3 Å². The van der Waals surface area contributed by atoms with E-state index in [4.69, 9.17) is 9.47 Å². The van der Waals surface area contributed by atoms with Crippen LogP contribution in [-0.2, 0) is 17.8 Å². The predicted molar refractivity (Wildman–Crippen MR) is 85.6 cm³/mol. The van der Waals surface area contributed by atoms with Crippen LogP contribution in [0.1, 0.15) is 11.3 Å². The highest BCUT2D eigenvalue weighted by molar-refractivity contribution is 9.10. The maximum atomic E-state index is 5.27. The van der Waals surface area contributed by atoms with E-state index in [2.05, 4.69) is 26.3 Å². The molecule has 1 aromatic heterocycles. The second-order valence-corrected chi connectivity index (χ2v) is 5.46. The van der Waals surface area contributed by atoms with Gasteiger partial charge in [0.05, 0.1) is 26.0 Å². The minimum absolute atomic E-state index is 0.700. The van der Waals surface area contributed by atoms with Crippen LogP contribution < -0.4 is 10.1 Å². The Morgan fingerprint density at radius 2 is 2.14 bits per heavy atom. The third-order valence-electron chi connectivity index (χ3n) is 3.17. The fourth-order valence-electron chi connectivity index (χ4n) is 2.00. The predicted octanol–water partition coefficient (Wildman–Crippen LogP) is 2.44. The van der Waals surface area contributed by atoms with E-state index >= 15 is 0 Å². The molecule has 2 rings (SSSR count). The van der Waals surface area contributed by atoms with Crippen LogP contribution in [0.25, 0.3) is 0 Å². The molecule has 0 aliphatic carbocycles. The van der Waals surface area contributed by atoms with Crippen molar-refractivity contribution in [3.05, 3.63) is 46.2 Å². The summed E-state index contributed by atoms with van der Waals surface area (Å²) in [6, 6.07) is 7.97. The first-order valence-corrected chi connectivity index (χ1v) is 7.56. The average molecular weight is 354 g/mol. The molecule has 0 radical (unpaired) electrons. The number of benzene rings is 1. The van der Waals surface area contributed by atoms with E-state index in [1.54, 1.807) is 14.2 Å². The van der Waals surface area contributed by atoms with Gasteiger partial charge in [0, 0.05) is 30.9 Å². The van der Waals surface area contributed by atoms with E-state index in [1.165, 1.54) is 0 Å². The highest BCUT2D eigenvalue weighted by Crippen LogP contribution is 2.23. The van der Waals surface area contributed by atoms with E-state index in [1.807, 2.05) is 35.1 Å². The van der Waals surface area contributed by atoms with Crippen molar-refractivity contribution in [3.63, 3.8) is 0 Å². The van der Waals surface area contributed by atoms with Crippen LogP contribution in [0.4, 0.5) is 0 Å². The molecule has 0 unspecified atom stereocenters. The first-order valence-electron chi connectivity index (χ1n) is 6.77. The molecule has 6 heteroatoms. The summed E-state index contributed by atoms with van der Waals surface area (Å²) in [6.07, 6.45) is 1.82. The Hall–Kier alpha value is -1.37. The molecule has 0 aliphatic rings. The normalized spacial score (nSPS) is 10.8. The first kappa shape index (κ1) is 16.0. The van der Waals surface area contributed by atoms with Gasteiger partial charge in [-0.3, -0.25) is 4.68 Å². The minimum Gasteiger partial charge on any atom is -0.497 e. The Morgan fingerprint density at radius 3 is 2.90 bits per heavy atom. The standard InChI is InChI=1S/C15H20BrN3O2/c1-20-8-7-17-10-13-5-6-18-19(13)11-12-9-14(21-2)3-4-15(12)16/h3-6,9,17H,7-8,10-11H2,1-2H3. The second-order valence-electron chi connectivity index (χ2n) is 4.61. The van der Waals surface area contributed by atoms with Crippen LogP contribution >= 0.6 is 15.9 Å². The number of aromatic nitrogens is 2. The van der Waals surface area contributed by atoms with Gasteiger partial charge in [0.1, 0.15) is 5.75 Å². The maximum absolute atomic E-state index is 5.27. The minimum atomic E-state index is 0.700. The van der Waals surface area contributed by atoms with Crippen molar-refractivity contribution in [1.29, 1.82) is 0 Å². The third kappa shape index (κ3) is 4.56. The van der Waals surface area contributed by atoms with Gasteiger partial charge in [0.25, 0.3) is 0 Å². The smallest absolute Gasteiger partial charge is 0.119 e.